The van der Waals surface area contributed by atoms with Gasteiger partial charge in [0.05, 0.1) is 6.10 Å². The maximum atomic E-state index is 10.6. The Labute approximate surface area is 70.9 Å². The van der Waals surface area contributed by atoms with Crippen LogP contribution in [-0.2, 0) is 9.53 Å². The van der Waals surface area contributed by atoms with Gasteiger partial charge in [-0.1, -0.05) is 5.92 Å². The SMILES string of the molecule is C#CCO[C@H]1CCN[C@@H]1C(=O)O. The summed E-state index contributed by atoms with van der Waals surface area (Å²) in [4.78, 5) is 10.6. The Morgan fingerprint density at radius 3 is 3.17 bits per heavy atom. The quantitative estimate of drug-likeness (QED) is 0.557. The highest BCUT2D eigenvalue weighted by molar-refractivity contribution is 5.74. The second kappa shape index (κ2) is 4.10. The molecule has 12 heavy (non-hydrogen) atoms. The van der Waals surface area contributed by atoms with Crippen LogP contribution >= 0.6 is 0 Å². The first-order valence-corrected chi connectivity index (χ1v) is 3.77. The van der Waals surface area contributed by atoms with Crippen molar-refractivity contribution in [3.8, 4) is 12.3 Å². The summed E-state index contributed by atoms with van der Waals surface area (Å²) in [5.41, 5.74) is 0. The van der Waals surface area contributed by atoms with E-state index in [9.17, 15) is 4.79 Å². The van der Waals surface area contributed by atoms with Crippen molar-refractivity contribution in [3.05, 3.63) is 0 Å². The minimum atomic E-state index is -0.880. The van der Waals surface area contributed by atoms with Crippen molar-refractivity contribution >= 4 is 5.97 Å². The van der Waals surface area contributed by atoms with Crippen molar-refractivity contribution in [2.24, 2.45) is 0 Å². The van der Waals surface area contributed by atoms with Crippen LogP contribution in [-0.4, -0.2) is 36.4 Å². The maximum Gasteiger partial charge on any atom is 0.323 e. The average molecular weight is 169 g/mol. The lowest BCUT2D eigenvalue weighted by molar-refractivity contribution is -0.142. The van der Waals surface area contributed by atoms with Crippen LogP contribution in [0.4, 0.5) is 0 Å². The van der Waals surface area contributed by atoms with Gasteiger partial charge in [0.2, 0.25) is 0 Å². The zero-order valence-corrected chi connectivity index (χ0v) is 6.62. The van der Waals surface area contributed by atoms with Gasteiger partial charge in [0.1, 0.15) is 12.6 Å². The number of hydrogen-bond acceptors (Lipinski definition) is 3. The van der Waals surface area contributed by atoms with E-state index in [0.717, 1.165) is 0 Å². The van der Waals surface area contributed by atoms with Gasteiger partial charge in [0.25, 0.3) is 0 Å². The third-order valence-electron chi connectivity index (χ3n) is 1.81. The molecule has 4 heteroatoms. The van der Waals surface area contributed by atoms with Crippen LogP contribution in [0.5, 0.6) is 0 Å². The number of aliphatic carboxylic acids is 1. The van der Waals surface area contributed by atoms with E-state index in [-0.39, 0.29) is 12.7 Å². The van der Waals surface area contributed by atoms with Crippen molar-refractivity contribution in [2.75, 3.05) is 13.2 Å². The molecule has 4 nitrogen and oxygen atoms in total. The van der Waals surface area contributed by atoms with Gasteiger partial charge in [-0.2, -0.15) is 0 Å². The summed E-state index contributed by atoms with van der Waals surface area (Å²) in [5.74, 6) is 1.43. The molecule has 0 aromatic rings. The molecular weight excluding hydrogens is 158 g/mol. The van der Waals surface area contributed by atoms with Crippen LogP contribution in [0.15, 0.2) is 0 Å². The van der Waals surface area contributed by atoms with E-state index in [0.29, 0.717) is 13.0 Å². The highest BCUT2D eigenvalue weighted by atomic mass is 16.5. The van der Waals surface area contributed by atoms with Crippen molar-refractivity contribution < 1.29 is 14.6 Å². The standard InChI is InChI=1S/C8H11NO3/c1-2-5-12-6-3-4-9-7(6)8(10)11/h1,6-7,9H,3-5H2,(H,10,11)/t6-,7-/m0/s1. The maximum absolute atomic E-state index is 10.6. The predicted octanol–water partition coefficient (Wildman–Crippen LogP) is -0.549. The lowest BCUT2D eigenvalue weighted by Gasteiger charge is -2.14. The number of nitrogens with one attached hydrogen (secondary N) is 1. The van der Waals surface area contributed by atoms with Crippen molar-refractivity contribution in [3.63, 3.8) is 0 Å². The molecule has 1 heterocycles. The molecule has 0 amide bonds. The fourth-order valence-corrected chi connectivity index (χ4v) is 1.26. The first-order chi connectivity index (χ1) is 5.75. The third kappa shape index (κ3) is 1.97. The molecule has 66 valence electrons. The van der Waals surface area contributed by atoms with Gasteiger partial charge in [0, 0.05) is 0 Å². The van der Waals surface area contributed by atoms with Gasteiger partial charge in [-0.05, 0) is 13.0 Å². The lowest BCUT2D eigenvalue weighted by Crippen LogP contribution is -2.39. The number of hydrogen-bond donors (Lipinski definition) is 2. The zero-order valence-electron chi connectivity index (χ0n) is 6.62. The van der Waals surface area contributed by atoms with Gasteiger partial charge in [-0.3, -0.25) is 4.79 Å². The highest BCUT2D eigenvalue weighted by Crippen LogP contribution is 2.10. The fourth-order valence-electron chi connectivity index (χ4n) is 1.26. The molecule has 0 radical (unpaired) electrons. The Hall–Kier alpha value is -1.05. The van der Waals surface area contributed by atoms with E-state index in [1.165, 1.54) is 0 Å². The van der Waals surface area contributed by atoms with Crippen LogP contribution in [0.1, 0.15) is 6.42 Å². The average Bonchev–Trinajstić information content (AvgIpc) is 2.48. The smallest absolute Gasteiger partial charge is 0.323 e. The van der Waals surface area contributed by atoms with E-state index >= 15 is 0 Å². The Morgan fingerprint density at radius 1 is 1.83 bits per heavy atom. The summed E-state index contributed by atoms with van der Waals surface area (Å²) in [6.45, 7) is 0.850. The molecule has 1 rings (SSSR count). The van der Waals surface area contributed by atoms with Gasteiger partial charge in [0.15, 0.2) is 0 Å². The normalized spacial score (nSPS) is 28.2. The topological polar surface area (TPSA) is 58.6 Å². The first kappa shape index (κ1) is 9.04. The van der Waals surface area contributed by atoms with Gasteiger partial charge >= 0.3 is 5.97 Å². The van der Waals surface area contributed by atoms with Gasteiger partial charge in [-0.25, -0.2) is 0 Å². The summed E-state index contributed by atoms with van der Waals surface area (Å²) in [7, 11) is 0. The Bertz CT molecular complexity index is 209. The Balaban J connectivity index is 2.42. The zero-order chi connectivity index (χ0) is 8.97. The molecule has 0 bridgehead atoms. The van der Waals surface area contributed by atoms with Crippen molar-refractivity contribution in [1.82, 2.24) is 5.32 Å². The minimum absolute atomic E-state index is 0.177. The molecule has 2 N–H and O–H groups in total. The number of terminal acetylenes is 1. The molecule has 1 aliphatic heterocycles. The number of carbonyl (C=O) groups is 1. The summed E-state index contributed by atoms with van der Waals surface area (Å²) < 4.78 is 5.15. The molecule has 0 aromatic heterocycles. The molecule has 0 aliphatic carbocycles. The van der Waals surface area contributed by atoms with E-state index in [4.69, 9.17) is 16.3 Å². The lowest BCUT2D eigenvalue weighted by atomic mass is 10.2. The summed E-state index contributed by atoms with van der Waals surface area (Å²) in [5, 5.41) is 11.5. The fraction of sp³-hybridized carbons (Fsp3) is 0.625. The second-order valence-electron chi connectivity index (χ2n) is 2.61. The van der Waals surface area contributed by atoms with Crippen LogP contribution in [0.3, 0.4) is 0 Å². The third-order valence-corrected chi connectivity index (χ3v) is 1.81. The van der Waals surface area contributed by atoms with Crippen molar-refractivity contribution in [2.45, 2.75) is 18.6 Å². The summed E-state index contributed by atoms with van der Waals surface area (Å²) >= 11 is 0. The van der Waals surface area contributed by atoms with Gasteiger partial charge in [-0.15, -0.1) is 6.42 Å². The molecular formula is C8H11NO3. The Morgan fingerprint density at radius 2 is 2.58 bits per heavy atom. The number of ether oxygens (including phenoxy) is 1. The monoisotopic (exact) mass is 169 g/mol. The van der Waals surface area contributed by atoms with Crippen LogP contribution in [0, 0.1) is 12.3 Å². The molecule has 2 atom stereocenters. The molecule has 0 unspecified atom stereocenters. The predicted molar refractivity (Wildman–Crippen MR) is 42.6 cm³/mol. The van der Waals surface area contributed by atoms with Crippen LogP contribution in [0.2, 0.25) is 0 Å². The van der Waals surface area contributed by atoms with E-state index in [1.54, 1.807) is 0 Å². The molecule has 1 fully saturated rings. The number of carboxylic acids is 1. The summed E-state index contributed by atoms with van der Waals surface area (Å²) in [6, 6.07) is -0.599. The number of rotatable bonds is 3. The van der Waals surface area contributed by atoms with E-state index < -0.39 is 12.0 Å². The van der Waals surface area contributed by atoms with Gasteiger partial charge < -0.3 is 15.2 Å². The first-order valence-electron chi connectivity index (χ1n) is 3.77. The van der Waals surface area contributed by atoms with E-state index in [2.05, 4.69) is 11.2 Å². The summed E-state index contributed by atoms with van der Waals surface area (Å²) in [6.07, 6.45) is 5.41. The largest absolute Gasteiger partial charge is 0.480 e. The van der Waals surface area contributed by atoms with Crippen LogP contribution in [0.25, 0.3) is 0 Å². The molecule has 0 saturated carbocycles. The second-order valence-corrected chi connectivity index (χ2v) is 2.61. The minimum Gasteiger partial charge on any atom is -0.480 e. The molecule has 1 saturated heterocycles. The Kier molecular flexibility index (Phi) is 3.09. The molecule has 1 aliphatic rings. The van der Waals surface area contributed by atoms with Crippen LogP contribution < -0.4 is 5.32 Å². The van der Waals surface area contributed by atoms with E-state index in [1.807, 2.05) is 0 Å². The molecule has 0 spiro atoms. The van der Waals surface area contributed by atoms with Crippen molar-refractivity contribution in [1.29, 1.82) is 0 Å². The highest BCUT2D eigenvalue weighted by Gasteiger charge is 2.32. The molecule has 0 aromatic carbocycles. The number of carboxylic acid groups (broad SMARTS) is 1.